The third-order valence-electron chi connectivity index (χ3n) is 2.88. The highest BCUT2D eigenvalue weighted by Gasteiger charge is 2.01. The highest BCUT2D eigenvalue weighted by molar-refractivity contribution is 6.11. The first-order chi connectivity index (χ1) is 7.88. The van der Waals surface area contributed by atoms with E-state index in [9.17, 15) is 4.79 Å². The van der Waals surface area contributed by atoms with Crippen molar-refractivity contribution >= 4 is 27.8 Å². The summed E-state index contributed by atoms with van der Waals surface area (Å²) in [6.45, 7) is 0. The van der Waals surface area contributed by atoms with Crippen molar-refractivity contribution in [1.29, 1.82) is 0 Å². The lowest BCUT2D eigenvalue weighted by Gasteiger charge is -1.86. The van der Waals surface area contributed by atoms with Gasteiger partial charge < -0.3 is 0 Å². The Hall–Kier alpha value is -2.15. The van der Waals surface area contributed by atoms with Crippen molar-refractivity contribution in [3.05, 3.63) is 60.2 Å². The summed E-state index contributed by atoms with van der Waals surface area (Å²) in [5, 5.41) is 4.71. The summed E-state index contributed by atoms with van der Waals surface area (Å²) in [7, 11) is 0. The molecule has 0 N–H and O–H groups in total. The first-order valence-electron chi connectivity index (χ1n) is 5.25. The van der Waals surface area contributed by atoms with Gasteiger partial charge in [0.25, 0.3) is 0 Å². The zero-order valence-corrected chi connectivity index (χ0v) is 8.68. The van der Waals surface area contributed by atoms with Crippen molar-refractivity contribution in [3.8, 4) is 0 Å². The summed E-state index contributed by atoms with van der Waals surface area (Å²) in [5.41, 5.74) is 0.712. The lowest BCUT2D eigenvalue weighted by molar-refractivity contribution is 0.112. The zero-order chi connectivity index (χ0) is 11.0. The Kier molecular flexibility index (Phi) is 1.97. The molecule has 0 amide bonds. The fourth-order valence-corrected chi connectivity index (χ4v) is 2.13. The molecule has 3 rings (SSSR count). The van der Waals surface area contributed by atoms with Gasteiger partial charge in [0.2, 0.25) is 0 Å². The fraction of sp³-hybridized carbons (Fsp3) is 0. The Morgan fingerprint density at radius 3 is 2.12 bits per heavy atom. The van der Waals surface area contributed by atoms with Crippen LogP contribution >= 0.6 is 0 Å². The summed E-state index contributed by atoms with van der Waals surface area (Å²) >= 11 is 0. The van der Waals surface area contributed by atoms with E-state index < -0.39 is 0 Å². The Labute approximate surface area is 93.3 Å². The minimum Gasteiger partial charge on any atom is -0.298 e. The molecule has 0 saturated heterocycles. The smallest absolute Gasteiger partial charge is 0.150 e. The second-order valence-electron chi connectivity index (χ2n) is 3.89. The molecule has 0 saturated carbocycles. The number of rotatable bonds is 1. The van der Waals surface area contributed by atoms with Gasteiger partial charge in [0.05, 0.1) is 0 Å². The van der Waals surface area contributed by atoms with Crippen LogP contribution in [0.15, 0.2) is 54.6 Å². The second-order valence-corrected chi connectivity index (χ2v) is 3.89. The molecule has 76 valence electrons. The van der Waals surface area contributed by atoms with Crippen LogP contribution in [-0.2, 0) is 0 Å². The van der Waals surface area contributed by atoms with Crippen LogP contribution in [0.25, 0.3) is 21.5 Å². The number of carbonyl (C=O) groups is 1. The van der Waals surface area contributed by atoms with Gasteiger partial charge >= 0.3 is 0 Å². The molecule has 3 aromatic carbocycles. The molecule has 0 aliphatic heterocycles. The highest BCUT2D eigenvalue weighted by atomic mass is 16.1. The molecular formula is C15H10O. The zero-order valence-electron chi connectivity index (χ0n) is 8.68. The summed E-state index contributed by atoms with van der Waals surface area (Å²) in [5.74, 6) is 0. The van der Waals surface area contributed by atoms with Gasteiger partial charge in [0, 0.05) is 5.56 Å². The van der Waals surface area contributed by atoms with Gasteiger partial charge in [-0.1, -0.05) is 48.5 Å². The number of aldehydes is 1. The van der Waals surface area contributed by atoms with Crippen LogP contribution in [0.4, 0.5) is 0 Å². The topological polar surface area (TPSA) is 17.1 Å². The minimum atomic E-state index is 0.712. The van der Waals surface area contributed by atoms with Gasteiger partial charge in [-0.25, -0.2) is 0 Å². The number of hydrogen-bond donors (Lipinski definition) is 0. The van der Waals surface area contributed by atoms with Crippen LogP contribution in [0.2, 0.25) is 0 Å². The minimum absolute atomic E-state index is 0.712. The maximum Gasteiger partial charge on any atom is 0.150 e. The largest absolute Gasteiger partial charge is 0.298 e. The average molecular weight is 206 g/mol. The quantitative estimate of drug-likeness (QED) is 0.553. The molecule has 16 heavy (non-hydrogen) atoms. The van der Waals surface area contributed by atoms with Gasteiger partial charge in [-0.2, -0.15) is 0 Å². The summed E-state index contributed by atoms with van der Waals surface area (Å²) < 4.78 is 0. The number of hydrogen-bond acceptors (Lipinski definition) is 1. The van der Waals surface area contributed by atoms with Gasteiger partial charge in [-0.05, 0) is 27.6 Å². The predicted molar refractivity (Wildman–Crippen MR) is 66.8 cm³/mol. The lowest BCUT2D eigenvalue weighted by atomic mass is 10.2. The standard InChI is InChI=1S/C15H10O/c16-10-11-5-6-13-8-7-12-3-1-2-4-14(9-11)15(12)13/h1-10H. The van der Waals surface area contributed by atoms with Gasteiger partial charge in [0.1, 0.15) is 6.29 Å². The highest BCUT2D eigenvalue weighted by Crippen LogP contribution is 2.26. The van der Waals surface area contributed by atoms with E-state index in [-0.39, 0.29) is 0 Å². The van der Waals surface area contributed by atoms with Crippen molar-refractivity contribution in [2.24, 2.45) is 0 Å². The summed E-state index contributed by atoms with van der Waals surface area (Å²) in [6.07, 6.45) is 0.890. The Balaban J connectivity index is 2.64. The first-order valence-corrected chi connectivity index (χ1v) is 5.25. The molecular weight excluding hydrogens is 196 g/mol. The molecule has 0 fully saturated rings. The van der Waals surface area contributed by atoms with Crippen LogP contribution in [0, 0.1) is 0 Å². The molecule has 0 aliphatic rings. The molecule has 0 aliphatic carbocycles. The average Bonchev–Trinajstić information content (AvgIpc) is 2.49. The van der Waals surface area contributed by atoms with E-state index in [1.54, 1.807) is 0 Å². The Morgan fingerprint density at radius 2 is 1.38 bits per heavy atom. The van der Waals surface area contributed by atoms with Crippen molar-refractivity contribution < 1.29 is 4.79 Å². The van der Waals surface area contributed by atoms with Crippen molar-refractivity contribution in [1.82, 2.24) is 0 Å². The predicted octanol–water partition coefficient (Wildman–Crippen LogP) is 3.81. The summed E-state index contributed by atoms with van der Waals surface area (Å²) in [4.78, 5) is 10.9. The molecule has 0 unspecified atom stereocenters. The van der Waals surface area contributed by atoms with E-state index in [1.807, 2.05) is 36.4 Å². The van der Waals surface area contributed by atoms with Crippen LogP contribution < -0.4 is 0 Å². The maximum atomic E-state index is 10.9. The SMILES string of the molecule is O=Cc1ccc2ccc3ccccc(c1)c32. The molecule has 0 bridgehead atoms. The molecule has 0 atom stereocenters. The Bertz CT molecular complexity index is 683. The van der Waals surface area contributed by atoms with Crippen LogP contribution in [-0.4, -0.2) is 6.29 Å². The lowest BCUT2D eigenvalue weighted by Crippen LogP contribution is -1.70. The van der Waals surface area contributed by atoms with Gasteiger partial charge in [-0.3, -0.25) is 4.79 Å². The van der Waals surface area contributed by atoms with E-state index in [0.29, 0.717) is 5.56 Å². The fourth-order valence-electron chi connectivity index (χ4n) is 2.13. The van der Waals surface area contributed by atoms with Gasteiger partial charge in [0.15, 0.2) is 0 Å². The first kappa shape index (κ1) is 9.10. The molecule has 3 aromatic rings. The maximum absolute atomic E-state index is 10.9. The van der Waals surface area contributed by atoms with Crippen LogP contribution in [0.5, 0.6) is 0 Å². The second kappa shape index (κ2) is 3.46. The van der Waals surface area contributed by atoms with E-state index in [2.05, 4.69) is 18.2 Å². The summed E-state index contributed by atoms with van der Waals surface area (Å²) in [6, 6.07) is 18.2. The van der Waals surface area contributed by atoms with Crippen molar-refractivity contribution in [2.45, 2.75) is 0 Å². The van der Waals surface area contributed by atoms with Crippen LogP contribution in [0.1, 0.15) is 10.4 Å². The molecule has 0 spiro atoms. The normalized spacial score (nSPS) is 10.8. The molecule has 0 aromatic heterocycles. The van der Waals surface area contributed by atoms with Crippen molar-refractivity contribution in [3.63, 3.8) is 0 Å². The third kappa shape index (κ3) is 1.29. The number of carbonyl (C=O) groups excluding carboxylic acids is 1. The molecule has 0 radical (unpaired) electrons. The molecule has 0 heterocycles. The molecule has 1 heteroatoms. The van der Waals surface area contributed by atoms with Crippen LogP contribution in [0.3, 0.4) is 0 Å². The monoisotopic (exact) mass is 206 g/mol. The van der Waals surface area contributed by atoms with Gasteiger partial charge in [-0.15, -0.1) is 0 Å². The Morgan fingerprint density at radius 1 is 0.750 bits per heavy atom. The van der Waals surface area contributed by atoms with Crippen molar-refractivity contribution in [2.75, 3.05) is 0 Å². The molecule has 1 nitrogen and oxygen atoms in total. The third-order valence-corrected chi connectivity index (χ3v) is 2.88. The van der Waals surface area contributed by atoms with E-state index >= 15 is 0 Å². The van der Waals surface area contributed by atoms with E-state index in [1.165, 1.54) is 16.2 Å². The van der Waals surface area contributed by atoms with E-state index in [4.69, 9.17) is 0 Å². The van der Waals surface area contributed by atoms with E-state index in [0.717, 1.165) is 11.7 Å².